The fourth-order valence-electron chi connectivity index (χ4n) is 3.46. The van der Waals surface area contributed by atoms with Crippen molar-refractivity contribution in [3.05, 3.63) is 35.4 Å². The third kappa shape index (κ3) is 4.55. The van der Waals surface area contributed by atoms with Gasteiger partial charge >= 0.3 is 0 Å². The molecule has 1 aromatic carbocycles. The summed E-state index contributed by atoms with van der Waals surface area (Å²) < 4.78 is 0. The van der Waals surface area contributed by atoms with Gasteiger partial charge in [-0.15, -0.1) is 0 Å². The van der Waals surface area contributed by atoms with Crippen molar-refractivity contribution in [2.75, 3.05) is 19.6 Å². The SMILES string of the molecule is CCNC1CCN(Cc2ccc(C(C)C)cc2)CC1CC. The molecule has 1 heterocycles. The lowest BCUT2D eigenvalue weighted by molar-refractivity contribution is 0.129. The van der Waals surface area contributed by atoms with Crippen molar-refractivity contribution in [2.45, 2.75) is 59.0 Å². The number of nitrogens with one attached hydrogen (secondary N) is 1. The number of piperidine rings is 1. The number of hydrogen-bond donors (Lipinski definition) is 1. The Labute approximate surface area is 130 Å². The summed E-state index contributed by atoms with van der Waals surface area (Å²) in [5.74, 6) is 1.42. The van der Waals surface area contributed by atoms with Crippen molar-refractivity contribution in [2.24, 2.45) is 5.92 Å². The Kier molecular flexibility index (Phi) is 6.25. The van der Waals surface area contributed by atoms with E-state index in [0.29, 0.717) is 5.92 Å². The molecule has 2 heteroatoms. The molecule has 0 radical (unpaired) electrons. The standard InChI is InChI=1S/C19H32N2/c1-5-17-14-21(12-11-19(17)20-6-2)13-16-7-9-18(10-8-16)15(3)4/h7-10,15,17,19-20H,5-6,11-14H2,1-4H3. The van der Waals surface area contributed by atoms with Crippen molar-refractivity contribution >= 4 is 0 Å². The van der Waals surface area contributed by atoms with Crippen LogP contribution in [0.2, 0.25) is 0 Å². The van der Waals surface area contributed by atoms with Gasteiger partial charge in [-0.1, -0.05) is 58.4 Å². The first kappa shape index (κ1) is 16.5. The summed E-state index contributed by atoms with van der Waals surface area (Å²) in [6.07, 6.45) is 2.57. The zero-order chi connectivity index (χ0) is 15.2. The molecule has 2 unspecified atom stereocenters. The van der Waals surface area contributed by atoms with Crippen LogP contribution in [0.3, 0.4) is 0 Å². The average Bonchev–Trinajstić information content (AvgIpc) is 2.49. The summed E-state index contributed by atoms with van der Waals surface area (Å²) in [5.41, 5.74) is 2.90. The van der Waals surface area contributed by atoms with E-state index >= 15 is 0 Å². The Hall–Kier alpha value is -0.860. The Morgan fingerprint density at radius 1 is 1.19 bits per heavy atom. The lowest BCUT2D eigenvalue weighted by Gasteiger charge is -2.38. The van der Waals surface area contributed by atoms with E-state index in [-0.39, 0.29) is 0 Å². The molecule has 0 spiro atoms. The van der Waals surface area contributed by atoms with Gasteiger partial charge in [-0.3, -0.25) is 4.90 Å². The second-order valence-electron chi connectivity index (χ2n) is 6.75. The molecule has 2 rings (SSSR count). The Morgan fingerprint density at radius 3 is 2.48 bits per heavy atom. The zero-order valence-corrected chi connectivity index (χ0v) is 14.2. The minimum atomic E-state index is 0.624. The van der Waals surface area contributed by atoms with E-state index < -0.39 is 0 Å². The fourth-order valence-corrected chi connectivity index (χ4v) is 3.46. The summed E-state index contributed by atoms with van der Waals surface area (Å²) >= 11 is 0. The highest BCUT2D eigenvalue weighted by atomic mass is 15.1. The van der Waals surface area contributed by atoms with Gasteiger partial charge < -0.3 is 5.32 Å². The minimum Gasteiger partial charge on any atom is -0.314 e. The molecule has 21 heavy (non-hydrogen) atoms. The van der Waals surface area contributed by atoms with Crippen molar-refractivity contribution < 1.29 is 0 Å². The van der Waals surface area contributed by atoms with Crippen LogP contribution in [0.4, 0.5) is 0 Å². The maximum Gasteiger partial charge on any atom is 0.0233 e. The third-order valence-electron chi connectivity index (χ3n) is 4.86. The molecule has 0 saturated carbocycles. The lowest BCUT2D eigenvalue weighted by Crippen LogP contribution is -2.48. The van der Waals surface area contributed by atoms with Gasteiger partial charge in [0, 0.05) is 19.1 Å². The minimum absolute atomic E-state index is 0.624. The predicted octanol–water partition coefficient (Wildman–Crippen LogP) is 4.02. The molecule has 2 atom stereocenters. The van der Waals surface area contributed by atoms with Crippen molar-refractivity contribution in [3.63, 3.8) is 0 Å². The molecule has 118 valence electrons. The van der Waals surface area contributed by atoms with Gasteiger partial charge in [0.05, 0.1) is 0 Å². The zero-order valence-electron chi connectivity index (χ0n) is 14.2. The first-order valence-electron chi connectivity index (χ1n) is 8.68. The Bertz CT molecular complexity index is 410. The third-order valence-corrected chi connectivity index (χ3v) is 4.86. The van der Waals surface area contributed by atoms with E-state index in [9.17, 15) is 0 Å². The quantitative estimate of drug-likeness (QED) is 0.850. The van der Waals surface area contributed by atoms with Crippen molar-refractivity contribution in [1.29, 1.82) is 0 Å². The number of benzene rings is 1. The highest BCUT2D eigenvalue weighted by Gasteiger charge is 2.27. The van der Waals surface area contributed by atoms with Crippen LogP contribution in [0.1, 0.15) is 57.6 Å². The second-order valence-corrected chi connectivity index (χ2v) is 6.75. The highest BCUT2D eigenvalue weighted by molar-refractivity contribution is 5.24. The van der Waals surface area contributed by atoms with E-state index in [1.54, 1.807) is 0 Å². The second kappa shape index (κ2) is 7.95. The van der Waals surface area contributed by atoms with Crippen molar-refractivity contribution in [1.82, 2.24) is 10.2 Å². The van der Waals surface area contributed by atoms with Gasteiger partial charge in [-0.25, -0.2) is 0 Å². The molecule has 1 N–H and O–H groups in total. The van der Waals surface area contributed by atoms with Gasteiger partial charge in [-0.05, 0) is 42.5 Å². The van der Waals surface area contributed by atoms with E-state index in [1.807, 2.05) is 0 Å². The maximum atomic E-state index is 3.66. The first-order chi connectivity index (χ1) is 10.1. The van der Waals surface area contributed by atoms with E-state index in [4.69, 9.17) is 0 Å². The van der Waals surface area contributed by atoms with Gasteiger partial charge in [0.1, 0.15) is 0 Å². The van der Waals surface area contributed by atoms with Gasteiger partial charge in [0.2, 0.25) is 0 Å². The van der Waals surface area contributed by atoms with Crippen LogP contribution in [-0.4, -0.2) is 30.6 Å². The summed E-state index contributed by atoms with van der Waals surface area (Å²) in [7, 11) is 0. The predicted molar refractivity (Wildman–Crippen MR) is 91.7 cm³/mol. The summed E-state index contributed by atoms with van der Waals surface area (Å²) in [6, 6.07) is 9.93. The Balaban J connectivity index is 1.91. The van der Waals surface area contributed by atoms with Gasteiger partial charge in [0.25, 0.3) is 0 Å². The molecule has 0 amide bonds. The molecular weight excluding hydrogens is 256 g/mol. The van der Waals surface area contributed by atoms with Crippen molar-refractivity contribution in [3.8, 4) is 0 Å². The van der Waals surface area contributed by atoms with Gasteiger partial charge in [0.15, 0.2) is 0 Å². The lowest BCUT2D eigenvalue weighted by atomic mass is 9.89. The monoisotopic (exact) mass is 288 g/mol. The summed E-state index contributed by atoms with van der Waals surface area (Å²) in [4.78, 5) is 2.63. The molecule has 0 aromatic heterocycles. The molecule has 0 aliphatic carbocycles. The first-order valence-corrected chi connectivity index (χ1v) is 8.68. The van der Waals surface area contributed by atoms with Crippen LogP contribution in [0.15, 0.2) is 24.3 Å². The summed E-state index contributed by atoms with van der Waals surface area (Å²) in [5, 5.41) is 3.66. The molecule has 1 fully saturated rings. The molecular formula is C19H32N2. The fraction of sp³-hybridized carbons (Fsp3) is 0.684. The largest absolute Gasteiger partial charge is 0.314 e. The van der Waals surface area contributed by atoms with Crippen LogP contribution in [0, 0.1) is 5.92 Å². The van der Waals surface area contributed by atoms with Crippen LogP contribution >= 0.6 is 0 Å². The maximum absolute atomic E-state index is 3.66. The normalized spacial score (nSPS) is 23.7. The molecule has 1 aliphatic rings. The number of likely N-dealkylation sites (tertiary alicyclic amines) is 1. The Morgan fingerprint density at radius 2 is 1.90 bits per heavy atom. The van der Waals surface area contributed by atoms with Crippen LogP contribution in [-0.2, 0) is 6.54 Å². The average molecular weight is 288 g/mol. The summed E-state index contributed by atoms with van der Waals surface area (Å²) in [6.45, 7) is 13.7. The smallest absolute Gasteiger partial charge is 0.0233 e. The van der Waals surface area contributed by atoms with Crippen LogP contribution in [0.25, 0.3) is 0 Å². The number of rotatable bonds is 6. The van der Waals surface area contributed by atoms with E-state index in [0.717, 1.165) is 25.0 Å². The molecule has 1 saturated heterocycles. The van der Waals surface area contributed by atoms with E-state index in [2.05, 4.69) is 62.2 Å². The number of nitrogens with zero attached hydrogens (tertiary/aromatic N) is 1. The van der Waals surface area contributed by atoms with Crippen LogP contribution < -0.4 is 5.32 Å². The highest BCUT2D eigenvalue weighted by Crippen LogP contribution is 2.22. The molecule has 1 aliphatic heterocycles. The molecule has 2 nitrogen and oxygen atoms in total. The van der Waals surface area contributed by atoms with Gasteiger partial charge in [-0.2, -0.15) is 0 Å². The molecule has 0 bridgehead atoms. The number of hydrogen-bond acceptors (Lipinski definition) is 2. The van der Waals surface area contributed by atoms with E-state index in [1.165, 1.54) is 37.1 Å². The molecule has 1 aromatic rings. The topological polar surface area (TPSA) is 15.3 Å². The van der Waals surface area contributed by atoms with Crippen LogP contribution in [0.5, 0.6) is 0 Å².